The molecule has 0 spiro atoms. The smallest absolute Gasteiger partial charge is 0.245 e. The van der Waals surface area contributed by atoms with Gasteiger partial charge < -0.3 is 10.2 Å². The Balaban J connectivity index is 1.66. The van der Waals surface area contributed by atoms with Crippen LogP contribution in [0.15, 0.2) is 42.5 Å². The van der Waals surface area contributed by atoms with Crippen molar-refractivity contribution in [1.82, 2.24) is 10.2 Å². The fourth-order valence-electron chi connectivity index (χ4n) is 3.25. The first-order valence-electron chi connectivity index (χ1n) is 9.18. The summed E-state index contributed by atoms with van der Waals surface area (Å²) in [6, 6.07) is 13.7. The van der Waals surface area contributed by atoms with Gasteiger partial charge >= 0.3 is 0 Å². The Labute approximate surface area is 159 Å². The highest BCUT2D eigenvalue weighted by Crippen LogP contribution is 2.17. The van der Waals surface area contributed by atoms with Crippen LogP contribution in [0, 0.1) is 5.92 Å². The Bertz CT molecular complexity index is 784. The normalized spacial score (nSPS) is 15.9. The van der Waals surface area contributed by atoms with Crippen LogP contribution in [0.25, 0.3) is 10.8 Å². The van der Waals surface area contributed by atoms with E-state index < -0.39 is 6.04 Å². The predicted octanol–water partition coefficient (Wildman–Crippen LogP) is 3.10. The van der Waals surface area contributed by atoms with Crippen molar-refractivity contribution in [3.63, 3.8) is 0 Å². The summed E-state index contributed by atoms with van der Waals surface area (Å²) in [5.41, 5.74) is 0.963. The molecule has 1 aliphatic rings. The zero-order chi connectivity index (χ0) is 18.5. The molecule has 0 saturated carbocycles. The molecule has 26 heavy (non-hydrogen) atoms. The topological polar surface area (TPSA) is 49.4 Å². The van der Waals surface area contributed by atoms with E-state index in [1.807, 2.05) is 66.9 Å². The summed E-state index contributed by atoms with van der Waals surface area (Å²) in [6.07, 6.45) is 0.289. The lowest BCUT2D eigenvalue weighted by Gasteiger charge is -2.32. The van der Waals surface area contributed by atoms with Crippen molar-refractivity contribution in [2.24, 2.45) is 5.92 Å². The van der Waals surface area contributed by atoms with Gasteiger partial charge in [0, 0.05) is 24.6 Å². The van der Waals surface area contributed by atoms with Crippen LogP contribution in [0.2, 0.25) is 0 Å². The number of thioether (sulfide) groups is 1. The summed E-state index contributed by atoms with van der Waals surface area (Å²) in [7, 11) is 0. The molecule has 0 aliphatic carbocycles. The van der Waals surface area contributed by atoms with Crippen molar-refractivity contribution in [1.29, 1.82) is 0 Å². The molecule has 1 unspecified atom stereocenters. The first-order valence-corrected chi connectivity index (χ1v) is 10.3. The molecule has 2 aromatic carbocycles. The Morgan fingerprint density at radius 3 is 2.46 bits per heavy atom. The van der Waals surface area contributed by atoms with Crippen molar-refractivity contribution in [3.8, 4) is 0 Å². The van der Waals surface area contributed by atoms with E-state index in [1.165, 1.54) is 0 Å². The van der Waals surface area contributed by atoms with E-state index in [-0.39, 0.29) is 24.2 Å². The van der Waals surface area contributed by atoms with Crippen molar-refractivity contribution < 1.29 is 9.59 Å². The molecule has 1 aliphatic heterocycles. The van der Waals surface area contributed by atoms with Gasteiger partial charge in [0.25, 0.3) is 0 Å². The zero-order valence-electron chi connectivity index (χ0n) is 15.4. The van der Waals surface area contributed by atoms with E-state index in [4.69, 9.17) is 0 Å². The van der Waals surface area contributed by atoms with Crippen LogP contribution < -0.4 is 5.32 Å². The SMILES string of the molecule is CC(C)C(NC(=O)Cc1ccc2ccccc2c1)C(=O)N1CCSCC1. The number of nitrogens with one attached hydrogen (secondary N) is 1. The summed E-state index contributed by atoms with van der Waals surface area (Å²) in [6.45, 7) is 5.51. The van der Waals surface area contributed by atoms with Gasteiger partial charge in [-0.15, -0.1) is 0 Å². The summed E-state index contributed by atoms with van der Waals surface area (Å²) in [5, 5.41) is 5.26. The van der Waals surface area contributed by atoms with Crippen molar-refractivity contribution >= 4 is 34.3 Å². The molecule has 2 amide bonds. The Morgan fingerprint density at radius 1 is 1.08 bits per heavy atom. The molecule has 138 valence electrons. The van der Waals surface area contributed by atoms with Crippen LogP contribution in [0.4, 0.5) is 0 Å². The molecule has 3 rings (SSSR count). The van der Waals surface area contributed by atoms with Gasteiger partial charge in [-0.3, -0.25) is 9.59 Å². The number of carbonyl (C=O) groups is 2. The number of nitrogens with zero attached hydrogens (tertiary/aromatic N) is 1. The Kier molecular flexibility index (Phi) is 6.20. The second-order valence-corrected chi connectivity index (χ2v) is 8.31. The fourth-order valence-corrected chi connectivity index (χ4v) is 4.16. The minimum Gasteiger partial charge on any atom is -0.344 e. The average molecular weight is 371 g/mol. The number of amides is 2. The maximum atomic E-state index is 12.8. The molecule has 1 N–H and O–H groups in total. The lowest BCUT2D eigenvalue weighted by Crippen LogP contribution is -2.53. The molecule has 1 atom stereocenters. The largest absolute Gasteiger partial charge is 0.344 e. The van der Waals surface area contributed by atoms with Gasteiger partial charge in [-0.25, -0.2) is 0 Å². The van der Waals surface area contributed by atoms with Crippen LogP contribution in [-0.4, -0.2) is 47.4 Å². The van der Waals surface area contributed by atoms with E-state index in [9.17, 15) is 9.59 Å². The highest BCUT2D eigenvalue weighted by molar-refractivity contribution is 7.99. The number of rotatable bonds is 5. The summed E-state index contributed by atoms with van der Waals surface area (Å²) in [5.74, 6) is 1.96. The lowest BCUT2D eigenvalue weighted by molar-refractivity contribution is -0.137. The highest BCUT2D eigenvalue weighted by Gasteiger charge is 2.29. The van der Waals surface area contributed by atoms with E-state index in [0.717, 1.165) is 40.9 Å². The molecule has 0 bridgehead atoms. The van der Waals surface area contributed by atoms with E-state index >= 15 is 0 Å². The first kappa shape index (κ1) is 18.8. The maximum absolute atomic E-state index is 12.8. The second-order valence-electron chi connectivity index (χ2n) is 7.09. The monoisotopic (exact) mass is 370 g/mol. The van der Waals surface area contributed by atoms with Gasteiger partial charge in [-0.2, -0.15) is 11.8 Å². The molecule has 0 aromatic heterocycles. The maximum Gasteiger partial charge on any atom is 0.245 e. The lowest BCUT2D eigenvalue weighted by atomic mass is 10.0. The molecular weight excluding hydrogens is 344 g/mol. The molecule has 1 heterocycles. The van der Waals surface area contributed by atoms with E-state index in [1.54, 1.807) is 0 Å². The number of benzene rings is 2. The van der Waals surface area contributed by atoms with Gasteiger partial charge in [0.2, 0.25) is 11.8 Å². The van der Waals surface area contributed by atoms with Crippen LogP contribution in [0.1, 0.15) is 19.4 Å². The highest BCUT2D eigenvalue weighted by atomic mass is 32.2. The summed E-state index contributed by atoms with van der Waals surface area (Å²) >= 11 is 1.87. The predicted molar refractivity (Wildman–Crippen MR) is 108 cm³/mol. The standard InChI is InChI=1S/C21H26N2O2S/c1-15(2)20(21(25)23-9-11-26-12-10-23)22-19(24)14-16-7-8-17-5-3-4-6-18(17)13-16/h3-8,13,15,20H,9-12,14H2,1-2H3,(H,22,24). The van der Waals surface area contributed by atoms with E-state index in [2.05, 4.69) is 11.4 Å². The number of hydrogen-bond acceptors (Lipinski definition) is 3. The molecule has 4 nitrogen and oxygen atoms in total. The summed E-state index contributed by atoms with van der Waals surface area (Å²) in [4.78, 5) is 27.3. The fraction of sp³-hybridized carbons (Fsp3) is 0.429. The number of fused-ring (bicyclic) bond motifs is 1. The van der Waals surface area contributed by atoms with E-state index in [0.29, 0.717) is 0 Å². The van der Waals surface area contributed by atoms with Crippen LogP contribution in [-0.2, 0) is 16.0 Å². The van der Waals surface area contributed by atoms with Crippen LogP contribution in [0.5, 0.6) is 0 Å². The van der Waals surface area contributed by atoms with Crippen molar-refractivity contribution in [3.05, 3.63) is 48.0 Å². The van der Waals surface area contributed by atoms with Crippen molar-refractivity contribution in [2.75, 3.05) is 24.6 Å². The third-order valence-electron chi connectivity index (χ3n) is 4.75. The third kappa shape index (κ3) is 4.58. The van der Waals surface area contributed by atoms with Gasteiger partial charge in [0.15, 0.2) is 0 Å². The van der Waals surface area contributed by atoms with Gasteiger partial charge in [0.05, 0.1) is 6.42 Å². The summed E-state index contributed by atoms with van der Waals surface area (Å²) < 4.78 is 0. The Hall–Kier alpha value is -2.01. The number of hydrogen-bond donors (Lipinski definition) is 1. The molecule has 1 saturated heterocycles. The molecule has 5 heteroatoms. The third-order valence-corrected chi connectivity index (χ3v) is 5.69. The van der Waals surface area contributed by atoms with Crippen molar-refractivity contribution in [2.45, 2.75) is 26.3 Å². The average Bonchev–Trinajstić information content (AvgIpc) is 2.66. The van der Waals surface area contributed by atoms with Crippen LogP contribution >= 0.6 is 11.8 Å². The minimum atomic E-state index is -0.453. The minimum absolute atomic E-state index is 0.0483. The van der Waals surface area contributed by atoms with Crippen LogP contribution in [0.3, 0.4) is 0 Å². The quantitative estimate of drug-likeness (QED) is 0.880. The Morgan fingerprint density at radius 2 is 1.77 bits per heavy atom. The molecule has 1 fully saturated rings. The second kappa shape index (κ2) is 8.58. The zero-order valence-corrected chi connectivity index (χ0v) is 16.2. The first-order chi connectivity index (χ1) is 12.5. The number of carbonyl (C=O) groups excluding carboxylic acids is 2. The van der Waals surface area contributed by atoms with Gasteiger partial charge in [-0.05, 0) is 22.3 Å². The molecule has 0 radical (unpaired) electrons. The van der Waals surface area contributed by atoms with Gasteiger partial charge in [-0.1, -0.05) is 56.3 Å². The molecular formula is C21H26N2O2S. The van der Waals surface area contributed by atoms with Gasteiger partial charge in [0.1, 0.15) is 6.04 Å². The molecule has 2 aromatic rings.